The Morgan fingerprint density at radius 3 is 1.17 bits per heavy atom. The van der Waals surface area contributed by atoms with Crippen molar-refractivity contribution in [2.24, 2.45) is 0 Å². The Kier molecular flexibility index (Phi) is 35.5. The van der Waals surface area contributed by atoms with E-state index >= 15 is 0 Å². The van der Waals surface area contributed by atoms with Gasteiger partial charge >= 0.3 is 5.97 Å². The number of carbonyl (C=O) groups is 1. The minimum Gasteiger partial charge on any atom is -0.493 e. The Morgan fingerprint density at radius 2 is 0.810 bits per heavy atom. The molecular weight excluding hydrogens is 717 g/mol. The summed E-state index contributed by atoms with van der Waals surface area (Å²) in [4.78, 5) is 17.5. The molecule has 1 aliphatic heterocycles. The van der Waals surface area contributed by atoms with E-state index in [1.54, 1.807) is 0 Å². The first-order valence-electron chi connectivity index (χ1n) is 25.6. The van der Waals surface area contributed by atoms with E-state index in [9.17, 15) is 4.79 Å². The molecule has 0 radical (unpaired) electrons. The number of hydrogen-bond donors (Lipinski definition) is 0. The van der Waals surface area contributed by atoms with Crippen LogP contribution >= 0.6 is 0 Å². The van der Waals surface area contributed by atoms with Crippen molar-refractivity contribution in [3.63, 3.8) is 0 Å². The molecule has 6 heteroatoms. The van der Waals surface area contributed by atoms with Gasteiger partial charge in [0.25, 0.3) is 0 Å². The lowest BCUT2D eigenvalue weighted by molar-refractivity contribution is -0.145. The smallest absolute Gasteiger partial charge is 0.306 e. The van der Waals surface area contributed by atoms with Crippen LogP contribution in [0.15, 0.2) is 18.2 Å². The largest absolute Gasteiger partial charge is 0.493 e. The molecule has 1 fully saturated rings. The molecular formula is C52H96N2O4. The Bertz CT molecular complexity index is 986. The summed E-state index contributed by atoms with van der Waals surface area (Å²) >= 11 is 0. The predicted molar refractivity (Wildman–Crippen MR) is 249 cm³/mol. The number of esters is 1. The number of benzene rings is 1. The molecule has 0 N–H and O–H groups in total. The van der Waals surface area contributed by atoms with Crippen molar-refractivity contribution in [2.75, 3.05) is 53.0 Å². The summed E-state index contributed by atoms with van der Waals surface area (Å²) in [5.74, 6) is 1.53. The highest BCUT2D eigenvalue weighted by Gasteiger charge is 2.14. The van der Waals surface area contributed by atoms with Crippen LogP contribution in [-0.2, 0) is 16.1 Å². The van der Waals surface area contributed by atoms with Gasteiger partial charge in [0, 0.05) is 38.7 Å². The molecule has 0 aromatic heterocycles. The molecule has 338 valence electrons. The van der Waals surface area contributed by atoms with E-state index in [2.05, 4.69) is 30.7 Å². The molecule has 1 aliphatic rings. The number of rotatable bonds is 42. The van der Waals surface area contributed by atoms with Crippen molar-refractivity contribution >= 4 is 5.97 Å². The van der Waals surface area contributed by atoms with Crippen molar-refractivity contribution < 1.29 is 19.0 Å². The lowest BCUT2D eigenvalue weighted by atomic mass is 10.0. The molecule has 0 saturated carbocycles. The van der Waals surface area contributed by atoms with E-state index in [0.717, 1.165) is 69.0 Å². The number of ether oxygens (including phenoxy) is 3. The lowest BCUT2D eigenvalue weighted by Gasteiger charge is -2.32. The maximum Gasteiger partial charge on any atom is 0.306 e. The van der Waals surface area contributed by atoms with Gasteiger partial charge in [-0.05, 0) is 50.6 Å². The van der Waals surface area contributed by atoms with Crippen molar-refractivity contribution in [3.8, 4) is 11.5 Å². The molecule has 0 atom stereocenters. The van der Waals surface area contributed by atoms with Gasteiger partial charge in [0.1, 0.15) is 18.1 Å². The van der Waals surface area contributed by atoms with Crippen LogP contribution in [0.3, 0.4) is 0 Å². The average Bonchev–Trinajstić information content (AvgIpc) is 3.23. The van der Waals surface area contributed by atoms with Crippen LogP contribution in [0.25, 0.3) is 0 Å². The maximum atomic E-state index is 12.7. The van der Waals surface area contributed by atoms with Gasteiger partial charge in [-0.15, -0.1) is 0 Å². The van der Waals surface area contributed by atoms with Gasteiger partial charge in [0.15, 0.2) is 0 Å². The second-order valence-corrected chi connectivity index (χ2v) is 18.0. The monoisotopic (exact) mass is 813 g/mol. The highest BCUT2D eigenvalue weighted by molar-refractivity contribution is 5.69. The summed E-state index contributed by atoms with van der Waals surface area (Å²) in [6, 6.07) is 6.09. The summed E-state index contributed by atoms with van der Waals surface area (Å²) in [5.41, 5.74) is 0.943. The Balaban J connectivity index is 1.61. The van der Waals surface area contributed by atoms with Gasteiger partial charge in [0.05, 0.1) is 13.2 Å². The van der Waals surface area contributed by atoms with Crippen LogP contribution in [-0.4, -0.2) is 68.8 Å². The van der Waals surface area contributed by atoms with Gasteiger partial charge in [-0.25, -0.2) is 0 Å². The summed E-state index contributed by atoms with van der Waals surface area (Å²) in [6.45, 7) is 11.6. The molecule has 1 aromatic carbocycles. The first-order valence-corrected chi connectivity index (χ1v) is 25.6. The molecule has 1 heterocycles. The summed E-state index contributed by atoms with van der Waals surface area (Å²) in [7, 11) is 2.17. The van der Waals surface area contributed by atoms with Crippen molar-refractivity contribution in [2.45, 2.75) is 239 Å². The highest BCUT2D eigenvalue weighted by atomic mass is 16.5. The average molecular weight is 813 g/mol. The number of nitrogens with zero attached hydrogens (tertiary/aromatic N) is 2. The van der Waals surface area contributed by atoms with Gasteiger partial charge < -0.3 is 24.0 Å². The molecule has 0 unspecified atom stereocenters. The maximum absolute atomic E-state index is 12.7. The Morgan fingerprint density at radius 1 is 0.466 bits per heavy atom. The standard InChI is InChI=1S/C52H96N2O4/c1-4-6-8-10-12-14-16-18-20-22-24-26-28-30-32-34-43-56-50-45-49(48-58-52(55)37-36-38-54-41-39-53(3)40-42-54)46-51(47-50)57-44-35-33-31-29-27-25-23-21-19-17-15-13-11-9-7-5-2/h45-47H,4-44,48H2,1-3H3. The fraction of sp³-hybridized carbons (Fsp3) is 0.865. The van der Waals surface area contributed by atoms with Gasteiger partial charge in [0.2, 0.25) is 0 Å². The first kappa shape index (κ1) is 52.3. The van der Waals surface area contributed by atoms with Gasteiger partial charge in [-0.1, -0.05) is 206 Å². The van der Waals surface area contributed by atoms with Gasteiger partial charge in [-0.2, -0.15) is 0 Å². The third kappa shape index (κ3) is 32.0. The van der Waals surface area contributed by atoms with E-state index < -0.39 is 0 Å². The SMILES string of the molecule is CCCCCCCCCCCCCCCCCCOc1cc(COC(=O)CCCN2CCN(C)CC2)cc(OCCCCCCCCCCCCCCCCCC)c1. The number of carbonyl (C=O) groups excluding carboxylic acids is 1. The Labute approximate surface area is 360 Å². The second kappa shape index (κ2) is 39.4. The zero-order chi connectivity index (χ0) is 41.4. The number of unbranched alkanes of at least 4 members (excludes halogenated alkanes) is 30. The molecule has 6 nitrogen and oxygen atoms in total. The van der Waals surface area contributed by atoms with E-state index in [0.29, 0.717) is 19.6 Å². The van der Waals surface area contributed by atoms with Crippen molar-refractivity contribution in [1.82, 2.24) is 9.80 Å². The fourth-order valence-electron chi connectivity index (χ4n) is 8.32. The molecule has 1 saturated heterocycles. The van der Waals surface area contributed by atoms with Crippen LogP contribution in [0, 0.1) is 0 Å². The topological polar surface area (TPSA) is 51.2 Å². The van der Waals surface area contributed by atoms with Crippen LogP contribution in [0.5, 0.6) is 11.5 Å². The van der Waals surface area contributed by atoms with E-state index in [1.807, 2.05) is 18.2 Å². The molecule has 1 aromatic rings. The zero-order valence-corrected chi connectivity index (χ0v) is 39.0. The number of hydrogen-bond acceptors (Lipinski definition) is 6. The first-order chi connectivity index (χ1) is 28.6. The van der Waals surface area contributed by atoms with E-state index in [1.165, 1.54) is 193 Å². The predicted octanol–water partition coefficient (Wildman–Crippen LogP) is 15.0. The van der Waals surface area contributed by atoms with Crippen LogP contribution in [0.1, 0.15) is 238 Å². The third-order valence-corrected chi connectivity index (χ3v) is 12.3. The lowest BCUT2D eigenvalue weighted by Crippen LogP contribution is -2.44. The van der Waals surface area contributed by atoms with E-state index in [-0.39, 0.29) is 12.6 Å². The molecule has 0 aliphatic carbocycles. The van der Waals surface area contributed by atoms with Gasteiger partial charge in [-0.3, -0.25) is 4.79 Å². The minimum absolute atomic E-state index is 0.121. The summed E-state index contributed by atoms with van der Waals surface area (Å²) in [6.07, 6.45) is 45.1. The molecule has 0 bridgehead atoms. The molecule has 2 rings (SSSR count). The highest BCUT2D eigenvalue weighted by Crippen LogP contribution is 2.25. The number of likely N-dealkylation sites (N-methyl/N-ethyl adjacent to an activating group) is 1. The zero-order valence-electron chi connectivity index (χ0n) is 39.0. The molecule has 58 heavy (non-hydrogen) atoms. The van der Waals surface area contributed by atoms with Crippen molar-refractivity contribution in [3.05, 3.63) is 23.8 Å². The quantitative estimate of drug-likeness (QED) is 0.0484. The second-order valence-electron chi connectivity index (χ2n) is 18.0. The normalized spacial score (nSPS) is 13.6. The van der Waals surface area contributed by atoms with Crippen LogP contribution < -0.4 is 9.47 Å². The Hall–Kier alpha value is -1.79. The number of piperazine rings is 1. The molecule has 0 amide bonds. The van der Waals surface area contributed by atoms with E-state index in [4.69, 9.17) is 14.2 Å². The van der Waals surface area contributed by atoms with Crippen molar-refractivity contribution in [1.29, 1.82) is 0 Å². The minimum atomic E-state index is -0.121. The molecule has 0 spiro atoms. The summed E-state index contributed by atoms with van der Waals surface area (Å²) in [5, 5.41) is 0. The van der Waals surface area contributed by atoms with Crippen LogP contribution in [0.4, 0.5) is 0 Å². The summed E-state index contributed by atoms with van der Waals surface area (Å²) < 4.78 is 18.3. The third-order valence-electron chi connectivity index (χ3n) is 12.3. The van der Waals surface area contributed by atoms with Crippen LogP contribution in [0.2, 0.25) is 0 Å². The fourth-order valence-corrected chi connectivity index (χ4v) is 8.32.